The summed E-state index contributed by atoms with van der Waals surface area (Å²) >= 11 is 6.33. The molecule has 0 radical (unpaired) electrons. The summed E-state index contributed by atoms with van der Waals surface area (Å²) in [6.45, 7) is 6.48. The summed E-state index contributed by atoms with van der Waals surface area (Å²) < 4.78 is 11.1. The molecule has 0 bridgehead atoms. The van der Waals surface area contributed by atoms with E-state index in [0.717, 1.165) is 19.3 Å². The lowest BCUT2D eigenvalue weighted by atomic mass is 9.76. The second-order valence-electron chi connectivity index (χ2n) is 7.73. The highest BCUT2D eigenvalue weighted by atomic mass is 35.5. The van der Waals surface area contributed by atoms with Crippen LogP contribution in [0.4, 0.5) is 5.69 Å². The lowest BCUT2D eigenvalue weighted by molar-refractivity contribution is -0.384. The molecular weight excluding hydrogens is 358 g/mol. The van der Waals surface area contributed by atoms with Crippen LogP contribution in [0.2, 0.25) is 0 Å². The van der Waals surface area contributed by atoms with Crippen molar-refractivity contribution in [2.45, 2.75) is 57.3 Å². The van der Waals surface area contributed by atoms with Crippen LogP contribution < -0.4 is 0 Å². The zero-order chi connectivity index (χ0) is 19.1. The second-order valence-corrected chi connectivity index (χ2v) is 8.29. The van der Waals surface area contributed by atoms with Gasteiger partial charge in [0, 0.05) is 12.1 Å². The molecule has 1 saturated carbocycles. The molecule has 142 valence electrons. The molecule has 0 aromatic heterocycles. The number of hydrogen-bond donors (Lipinski definition) is 0. The molecule has 0 unspecified atom stereocenters. The third kappa shape index (κ3) is 3.71. The average Bonchev–Trinajstić information content (AvgIpc) is 3.30. The van der Waals surface area contributed by atoms with Gasteiger partial charge in [-0.2, -0.15) is 0 Å². The van der Waals surface area contributed by atoms with Crippen molar-refractivity contribution in [3.63, 3.8) is 0 Å². The molecule has 2 aliphatic rings. The Kier molecular flexibility index (Phi) is 5.26. The molecule has 1 aliphatic heterocycles. The zero-order valence-corrected chi connectivity index (χ0v) is 15.9. The summed E-state index contributed by atoms with van der Waals surface area (Å²) in [7, 11) is 0. The number of nitro groups is 1. The number of esters is 1. The van der Waals surface area contributed by atoms with Gasteiger partial charge in [0.2, 0.25) is 0 Å². The van der Waals surface area contributed by atoms with Gasteiger partial charge in [-0.1, -0.05) is 32.4 Å². The van der Waals surface area contributed by atoms with Crippen LogP contribution in [0.3, 0.4) is 0 Å². The van der Waals surface area contributed by atoms with E-state index in [9.17, 15) is 14.9 Å². The number of carbonyl (C=O) groups excluding carboxylic acids is 1. The summed E-state index contributed by atoms with van der Waals surface area (Å²) in [5, 5.41) is 9.21. The first-order valence-electron chi connectivity index (χ1n) is 9.04. The summed E-state index contributed by atoms with van der Waals surface area (Å²) in [6, 6.07) is 5.85. The van der Waals surface area contributed by atoms with Gasteiger partial charge in [0.15, 0.2) is 0 Å². The number of ether oxygens (including phenoxy) is 2. The second kappa shape index (κ2) is 7.16. The Labute approximate surface area is 158 Å². The maximum Gasteiger partial charge on any atom is 0.357 e. The number of epoxide rings is 1. The van der Waals surface area contributed by atoms with Crippen LogP contribution in [0.15, 0.2) is 24.3 Å². The lowest BCUT2D eigenvalue weighted by Gasteiger charge is -2.35. The smallest absolute Gasteiger partial charge is 0.357 e. The minimum Gasteiger partial charge on any atom is -0.459 e. The molecule has 26 heavy (non-hydrogen) atoms. The van der Waals surface area contributed by atoms with Gasteiger partial charge >= 0.3 is 5.97 Å². The molecule has 1 saturated heterocycles. The van der Waals surface area contributed by atoms with Gasteiger partial charge in [-0.25, -0.2) is 4.79 Å². The molecule has 5 atom stereocenters. The summed E-state index contributed by atoms with van der Waals surface area (Å²) in [4.78, 5) is 22.8. The monoisotopic (exact) mass is 381 g/mol. The molecule has 0 amide bonds. The van der Waals surface area contributed by atoms with Crippen LogP contribution in [-0.2, 0) is 14.3 Å². The van der Waals surface area contributed by atoms with Crippen molar-refractivity contribution in [1.82, 2.24) is 0 Å². The Balaban J connectivity index is 1.64. The molecule has 1 heterocycles. The first kappa shape index (κ1) is 19.1. The van der Waals surface area contributed by atoms with Gasteiger partial charge in [0.1, 0.15) is 12.2 Å². The van der Waals surface area contributed by atoms with E-state index in [1.165, 1.54) is 12.1 Å². The minimum atomic E-state index is -1.53. The maximum absolute atomic E-state index is 12.6. The molecule has 3 rings (SSSR count). The van der Waals surface area contributed by atoms with Crippen LogP contribution in [-0.4, -0.2) is 22.1 Å². The largest absolute Gasteiger partial charge is 0.459 e. The Morgan fingerprint density at radius 1 is 1.35 bits per heavy atom. The van der Waals surface area contributed by atoms with E-state index in [1.54, 1.807) is 12.1 Å². The van der Waals surface area contributed by atoms with Crippen LogP contribution >= 0.6 is 11.6 Å². The third-order valence-electron chi connectivity index (χ3n) is 5.62. The van der Waals surface area contributed by atoms with Crippen molar-refractivity contribution < 1.29 is 19.2 Å². The predicted molar refractivity (Wildman–Crippen MR) is 96.7 cm³/mol. The number of nitrogens with zero attached hydrogens (tertiary/aromatic N) is 1. The number of non-ortho nitro benzene ring substituents is 1. The summed E-state index contributed by atoms with van der Waals surface area (Å²) in [5.74, 6) is 0.828. The molecule has 1 aliphatic carbocycles. The van der Waals surface area contributed by atoms with Crippen molar-refractivity contribution in [3.05, 3.63) is 39.9 Å². The fourth-order valence-corrected chi connectivity index (χ4v) is 3.90. The van der Waals surface area contributed by atoms with E-state index < -0.39 is 22.1 Å². The number of halogens is 1. The van der Waals surface area contributed by atoms with Crippen LogP contribution in [0.5, 0.6) is 0 Å². The summed E-state index contributed by atoms with van der Waals surface area (Å²) in [6.07, 6.45) is 2.24. The van der Waals surface area contributed by atoms with Crippen molar-refractivity contribution in [3.8, 4) is 0 Å². The molecule has 1 aromatic carbocycles. The number of benzene rings is 1. The number of carbonyl (C=O) groups is 1. The Morgan fingerprint density at radius 3 is 2.58 bits per heavy atom. The Morgan fingerprint density at radius 2 is 2.00 bits per heavy atom. The molecular formula is C19H24ClNO5. The van der Waals surface area contributed by atoms with Crippen LogP contribution in [0, 0.1) is 27.9 Å². The number of alkyl halides is 1. The zero-order valence-electron chi connectivity index (χ0n) is 15.2. The Bertz CT molecular complexity index is 692. The fourth-order valence-electron chi connectivity index (χ4n) is 3.64. The average molecular weight is 382 g/mol. The predicted octanol–water partition coefficient (Wildman–Crippen LogP) is 4.61. The molecule has 0 spiro atoms. The minimum absolute atomic E-state index is 0.0205. The van der Waals surface area contributed by atoms with E-state index >= 15 is 0 Å². The first-order valence-corrected chi connectivity index (χ1v) is 9.42. The topological polar surface area (TPSA) is 82.0 Å². The third-order valence-corrected chi connectivity index (χ3v) is 6.06. The van der Waals surface area contributed by atoms with Gasteiger partial charge in [0.25, 0.3) is 10.7 Å². The Hall–Kier alpha value is -1.66. The van der Waals surface area contributed by atoms with Crippen molar-refractivity contribution in [1.29, 1.82) is 0 Å². The van der Waals surface area contributed by atoms with E-state index in [2.05, 4.69) is 20.8 Å². The molecule has 6 nitrogen and oxygen atoms in total. The van der Waals surface area contributed by atoms with Gasteiger partial charge < -0.3 is 9.47 Å². The molecule has 1 aromatic rings. The van der Waals surface area contributed by atoms with Crippen LogP contribution in [0.25, 0.3) is 0 Å². The standard InChI is InChI=1S/C19H24ClNO5/c1-11(2)14-5-4-12(3)16(10-14)25-18(22)19(20)17(26-19)13-6-8-15(9-7-13)21(23)24/h6-9,11-12,14,16-17H,4-5,10H2,1-3H3/t12-,14-,16-,17-,19-/m1/s1. The number of nitro benzene ring substituents is 1. The molecule has 0 N–H and O–H groups in total. The number of rotatable bonds is 5. The molecule has 2 fully saturated rings. The van der Waals surface area contributed by atoms with Gasteiger partial charge in [-0.05, 0) is 54.7 Å². The normalized spacial score (nSPS) is 33.7. The quantitative estimate of drug-likeness (QED) is 0.244. The van der Waals surface area contributed by atoms with E-state index in [-0.39, 0.29) is 11.8 Å². The van der Waals surface area contributed by atoms with Crippen LogP contribution in [0.1, 0.15) is 51.7 Å². The van der Waals surface area contributed by atoms with E-state index in [4.69, 9.17) is 21.1 Å². The van der Waals surface area contributed by atoms with Crippen molar-refractivity contribution in [2.24, 2.45) is 17.8 Å². The molecule has 7 heteroatoms. The maximum atomic E-state index is 12.6. The lowest BCUT2D eigenvalue weighted by Crippen LogP contribution is -2.36. The SMILES string of the molecule is CC(C)[C@@H]1CC[C@@H](C)[C@H](OC(=O)[C@]2(Cl)O[C@@H]2c2ccc([N+](=O)[O-])cc2)C1. The fraction of sp³-hybridized carbons (Fsp3) is 0.632. The summed E-state index contributed by atoms with van der Waals surface area (Å²) in [5.41, 5.74) is 0.604. The van der Waals surface area contributed by atoms with Gasteiger partial charge in [-0.3, -0.25) is 10.1 Å². The van der Waals surface area contributed by atoms with Crippen molar-refractivity contribution >= 4 is 23.3 Å². The highest BCUT2D eigenvalue weighted by molar-refractivity contribution is 6.35. The van der Waals surface area contributed by atoms with E-state index in [1.807, 2.05) is 0 Å². The highest BCUT2D eigenvalue weighted by Crippen LogP contribution is 2.54. The highest BCUT2D eigenvalue weighted by Gasteiger charge is 2.64. The van der Waals surface area contributed by atoms with Gasteiger partial charge in [0.05, 0.1) is 4.92 Å². The van der Waals surface area contributed by atoms with Crippen molar-refractivity contribution in [2.75, 3.05) is 0 Å². The van der Waals surface area contributed by atoms with Gasteiger partial charge in [-0.15, -0.1) is 0 Å². The number of hydrogen-bond acceptors (Lipinski definition) is 5. The van der Waals surface area contributed by atoms with E-state index in [0.29, 0.717) is 23.3 Å². The first-order chi connectivity index (χ1) is 12.2.